The van der Waals surface area contributed by atoms with Crippen LogP contribution in [0.1, 0.15) is 35.1 Å². The standard InChI is InChI=1S/C19H19N5O4/c1-3-4-13-9-17(25)22-19(20-13)24-16(7-11(2)23-24)21-18(26)12-5-6-14-15(8-12)28-10-27-14/h5-9H,3-4,10H2,1-2H3,(H,21,26)(H,20,22,25). The number of hydrogen-bond acceptors (Lipinski definition) is 6. The number of aromatic nitrogens is 4. The highest BCUT2D eigenvalue weighted by atomic mass is 16.7. The summed E-state index contributed by atoms with van der Waals surface area (Å²) in [4.78, 5) is 31.8. The van der Waals surface area contributed by atoms with Crippen LogP contribution in [0, 0.1) is 6.92 Å². The molecule has 3 heterocycles. The van der Waals surface area contributed by atoms with Gasteiger partial charge in [0.25, 0.3) is 11.5 Å². The number of H-pyrrole nitrogens is 1. The summed E-state index contributed by atoms with van der Waals surface area (Å²) in [6.07, 6.45) is 1.54. The van der Waals surface area contributed by atoms with Crippen molar-refractivity contribution in [2.75, 3.05) is 12.1 Å². The smallest absolute Gasteiger partial charge is 0.256 e. The van der Waals surface area contributed by atoms with Crippen LogP contribution in [-0.4, -0.2) is 32.4 Å². The first-order valence-corrected chi connectivity index (χ1v) is 8.92. The largest absolute Gasteiger partial charge is 0.454 e. The average molecular weight is 381 g/mol. The lowest BCUT2D eigenvalue weighted by Crippen LogP contribution is -2.19. The van der Waals surface area contributed by atoms with Gasteiger partial charge in [-0.3, -0.25) is 14.6 Å². The third kappa shape index (κ3) is 3.46. The summed E-state index contributed by atoms with van der Waals surface area (Å²) < 4.78 is 12.0. The second kappa shape index (κ2) is 7.18. The Kier molecular flexibility index (Phi) is 4.56. The zero-order valence-electron chi connectivity index (χ0n) is 15.5. The van der Waals surface area contributed by atoms with Crippen LogP contribution in [0.4, 0.5) is 5.82 Å². The zero-order valence-corrected chi connectivity index (χ0v) is 15.5. The molecule has 144 valence electrons. The molecule has 0 bridgehead atoms. The van der Waals surface area contributed by atoms with Gasteiger partial charge in [-0.05, 0) is 31.5 Å². The number of carbonyl (C=O) groups is 1. The van der Waals surface area contributed by atoms with Gasteiger partial charge in [-0.2, -0.15) is 9.78 Å². The van der Waals surface area contributed by atoms with Crippen LogP contribution < -0.4 is 20.3 Å². The predicted octanol–water partition coefficient (Wildman–Crippen LogP) is 2.20. The Morgan fingerprint density at radius 2 is 2.07 bits per heavy atom. The molecular weight excluding hydrogens is 362 g/mol. The maximum atomic E-state index is 12.7. The predicted molar refractivity (Wildman–Crippen MR) is 101 cm³/mol. The number of nitrogens with one attached hydrogen (secondary N) is 2. The van der Waals surface area contributed by atoms with E-state index in [2.05, 4.69) is 20.4 Å². The van der Waals surface area contributed by atoms with Gasteiger partial charge in [0.2, 0.25) is 12.7 Å². The molecular formula is C19H19N5O4. The van der Waals surface area contributed by atoms with Gasteiger partial charge in [0, 0.05) is 23.4 Å². The molecule has 4 rings (SSSR count). The van der Waals surface area contributed by atoms with Gasteiger partial charge in [0.15, 0.2) is 11.5 Å². The van der Waals surface area contributed by atoms with Crippen LogP contribution in [-0.2, 0) is 6.42 Å². The van der Waals surface area contributed by atoms with E-state index in [0.29, 0.717) is 40.7 Å². The molecule has 0 atom stereocenters. The molecule has 0 aliphatic carbocycles. The molecule has 0 unspecified atom stereocenters. The molecule has 1 amide bonds. The van der Waals surface area contributed by atoms with Crippen molar-refractivity contribution in [2.45, 2.75) is 26.7 Å². The SMILES string of the molecule is CCCc1cc(=O)[nH]c(-n2nc(C)cc2NC(=O)c2ccc3c(c2)OCO3)n1. The third-order valence-electron chi connectivity index (χ3n) is 4.20. The van der Waals surface area contributed by atoms with Crippen molar-refractivity contribution in [1.82, 2.24) is 19.7 Å². The average Bonchev–Trinajstić information content (AvgIpc) is 3.27. The monoisotopic (exact) mass is 381 g/mol. The molecule has 2 N–H and O–H groups in total. The number of carbonyl (C=O) groups excluding carboxylic acids is 1. The Morgan fingerprint density at radius 1 is 1.25 bits per heavy atom. The Bertz CT molecular complexity index is 1100. The number of amides is 1. The Morgan fingerprint density at radius 3 is 2.89 bits per heavy atom. The van der Waals surface area contributed by atoms with Gasteiger partial charge >= 0.3 is 0 Å². The van der Waals surface area contributed by atoms with E-state index >= 15 is 0 Å². The van der Waals surface area contributed by atoms with Gasteiger partial charge in [-0.25, -0.2) is 4.98 Å². The Hall–Kier alpha value is -3.62. The quantitative estimate of drug-likeness (QED) is 0.701. The molecule has 0 saturated carbocycles. The summed E-state index contributed by atoms with van der Waals surface area (Å²) in [5.74, 6) is 1.44. The molecule has 0 radical (unpaired) electrons. The van der Waals surface area contributed by atoms with Gasteiger partial charge in [0.1, 0.15) is 5.82 Å². The topological polar surface area (TPSA) is 111 Å². The van der Waals surface area contributed by atoms with Crippen LogP contribution >= 0.6 is 0 Å². The first kappa shape index (κ1) is 17.8. The normalized spacial score (nSPS) is 12.2. The fourth-order valence-electron chi connectivity index (χ4n) is 2.95. The summed E-state index contributed by atoms with van der Waals surface area (Å²) in [7, 11) is 0. The van der Waals surface area contributed by atoms with E-state index in [1.54, 1.807) is 31.2 Å². The number of aryl methyl sites for hydroxylation is 2. The van der Waals surface area contributed by atoms with E-state index in [1.165, 1.54) is 10.7 Å². The highest BCUT2D eigenvalue weighted by molar-refractivity contribution is 6.04. The molecule has 9 nitrogen and oxygen atoms in total. The fraction of sp³-hybridized carbons (Fsp3) is 0.263. The second-order valence-corrected chi connectivity index (χ2v) is 6.42. The zero-order chi connectivity index (χ0) is 19.7. The van der Waals surface area contributed by atoms with Crippen molar-refractivity contribution in [3.63, 3.8) is 0 Å². The molecule has 0 saturated heterocycles. The number of hydrogen-bond donors (Lipinski definition) is 2. The Balaban J connectivity index is 1.65. The van der Waals surface area contributed by atoms with Gasteiger partial charge in [-0.15, -0.1) is 0 Å². The first-order chi connectivity index (χ1) is 13.5. The lowest BCUT2D eigenvalue weighted by Gasteiger charge is -2.09. The number of nitrogens with zero attached hydrogens (tertiary/aromatic N) is 3. The number of aromatic amines is 1. The second-order valence-electron chi connectivity index (χ2n) is 6.42. The van der Waals surface area contributed by atoms with Crippen LogP contribution in [0.2, 0.25) is 0 Å². The maximum Gasteiger partial charge on any atom is 0.256 e. The van der Waals surface area contributed by atoms with E-state index < -0.39 is 0 Å². The number of ether oxygens (including phenoxy) is 2. The van der Waals surface area contributed by atoms with E-state index in [-0.39, 0.29) is 24.2 Å². The number of rotatable bonds is 5. The lowest BCUT2D eigenvalue weighted by molar-refractivity contribution is 0.102. The van der Waals surface area contributed by atoms with Crippen molar-refractivity contribution in [3.05, 3.63) is 57.6 Å². The third-order valence-corrected chi connectivity index (χ3v) is 4.20. The summed E-state index contributed by atoms with van der Waals surface area (Å²) in [6, 6.07) is 8.13. The van der Waals surface area contributed by atoms with Crippen LogP contribution in [0.15, 0.2) is 35.1 Å². The van der Waals surface area contributed by atoms with E-state index in [0.717, 1.165) is 6.42 Å². The maximum absolute atomic E-state index is 12.7. The van der Waals surface area contributed by atoms with Crippen molar-refractivity contribution in [1.29, 1.82) is 0 Å². The van der Waals surface area contributed by atoms with E-state index in [1.807, 2.05) is 6.92 Å². The molecule has 28 heavy (non-hydrogen) atoms. The van der Waals surface area contributed by atoms with E-state index in [9.17, 15) is 9.59 Å². The minimum Gasteiger partial charge on any atom is -0.454 e. The van der Waals surface area contributed by atoms with Crippen LogP contribution in [0.5, 0.6) is 11.5 Å². The molecule has 1 aliphatic rings. The van der Waals surface area contributed by atoms with Crippen molar-refractivity contribution in [3.8, 4) is 17.4 Å². The van der Waals surface area contributed by atoms with Gasteiger partial charge < -0.3 is 14.8 Å². The molecule has 1 aliphatic heterocycles. The van der Waals surface area contributed by atoms with Crippen LogP contribution in [0.25, 0.3) is 5.95 Å². The van der Waals surface area contributed by atoms with Crippen LogP contribution in [0.3, 0.4) is 0 Å². The minimum absolute atomic E-state index is 0.138. The molecule has 1 aromatic carbocycles. The molecule has 9 heteroatoms. The summed E-state index contributed by atoms with van der Waals surface area (Å²) in [6.45, 7) is 3.94. The van der Waals surface area contributed by atoms with E-state index in [4.69, 9.17) is 9.47 Å². The molecule has 0 spiro atoms. The highest BCUT2D eigenvalue weighted by Crippen LogP contribution is 2.32. The Labute approximate surface area is 160 Å². The summed E-state index contributed by atoms with van der Waals surface area (Å²) >= 11 is 0. The lowest BCUT2D eigenvalue weighted by atomic mass is 10.2. The molecule has 0 fully saturated rings. The fourth-order valence-corrected chi connectivity index (χ4v) is 2.95. The van der Waals surface area contributed by atoms with Gasteiger partial charge in [-0.1, -0.05) is 13.3 Å². The number of anilines is 1. The van der Waals surface area contributed by atoms with Crippen molar-refractivity contribution >= 4 is 11.7 Å². The summed E-state index contributed by atoms with van der Waals surface area (Å²) in [5, 5.41) is 7.16. The van der Waals surface area contributed by atoms with Gasteiger partial charge in [0.05, 0.1) is 5.69 Å². The van der Waals surface area contributed by atoms with Crippen molar-refractivity contribution < 1.29 is 14.3 Å². The number of fused-ring (bicyclic) bond motifs is 1. The molecule has 2 aromatic heterocycles. The minimum atomic E-state index is -0.341. The summed E-state index contributed by atoms with van der Waals surface area (Å²) in [5.41, 5.74) is 1.48. The van der Waals surface area contributed by atoms with Crippen molar-refractivity contribution in [2.24, 2.45) is 0 Å². The molecule has 3 aromatic rings. The first-order valence-electron chi connectivity index (χ1n) is 8.92. The highest BCUT2D eigenvalue weighted by Gasteiger charge is 2.18. The number of benzene rings is 1.